The number of ketones is 1. The molecule has 0 bridgehead atoms. The van der Waals surface area contributed by atoms with Crippen LogP contribution in [0.25, 0.3) is 0 Å². The van der Waals surface area contributed by atoms with Crippen LogP contribution in [0.4, 0.5) is 30.2 Å². The number of Topliss-reactive ketones (excluding diaryl/α,β-unsaturated/α-hetero) is 1. The van der Waals surface area contributed by atoms with Gasteiger partial charge in [0.1, 0.15) is 11.5 Å². The third-order valence-electron chi connectivity index (χ3n) is 4.70. The van der Waals surface area contributed by atoms with E-state index in [1.165, 1.54) is 23.1 Å². The Hall–Kier alpha value is -4.34. The summed E-state index contributed by atoms with van der Waals surface area (Å²) in [7, 11) is 0. The van der Waals surface area contributed by atoms with Crippen molar-refractivity contribution in [1.82, 2.24) is 0 Å². The van der Waals surface area contributed by atoms with Gasteiger partial charge in [0, 0.05) is 11.9 Å². The predicted octanol–water partition coefficient (Wildman–Crippen LogP) is 4.53. The molecule has 0 atom stereocenters. The predicted molar refractivity (Wildman–Crippen MR) is 126 cm³/mol. The highest BCUT2D eigenvalue weighted by molar-refractivity contribution is 6.71. The van der Waals surface area contributed by atoms with Gasteiger partial charge in [-0.05, 0) is 42.6 Å². The Balaban J connectivity index is 1.78. The molecule has 1 heterocycles. The number of rotatable bonds is 10. The fourth-order valence-corrected chi connectivity index (χ4v) is 3.05. The van der Waals surface area contributed by atoms with E-state index in [1.54, 1.807) is 30.3 Å². The minimum Gasteiger partial charge on any atom is -0.460 e. The molecule has 1 aliphatic heterocycles. The number of allylic oxidation sites excluding steroid dienone is 2. The topological polar surface area (TPSA) is 104 Å². The minimum absolute atomic E-state index is 0.0147. The van der Waals surface area contributed by atoms with Gasteiger partial charge in [0.15, 0.2) is 5.76 Å². The maximum Gasteiger partial charge on any atom is 0.282 e. The molecular weight excluding hydrogens is 447 g/mol. The van der Waals surface area contributed by atoms with Gasteiger partial charge in [-0.15, -0.1) is 0 Å². The van der Waals surface area contributed by atoms with Crippen molar-refractivity contribution in [2.75, 3.05) is 23.3 Å². The largest absolute Gasteiger partial charge is 0.460 e. The molecule has 2 aromatic rings. The Morgan fingerprint density at radius 3 is 2.53 bits per heavy atom. The molecule has 1 aliphatic rings. The first-order chi connectivity index (χ1) is 16.2. The first kappa shape index (κ1) is 24.3. The van der Waals surface area contributed by atoms with Gasteiger partial charge in [-0.1, -0.05) is 24.8 Å². The van der Waals surface area contributed by atoms with Crippen molar-refractivity contribution < 1.29 is 22.7 Å². The maximum atomic E-state index is 14.5. The number of halogens is 3. The highest BCUT2D eigenvalue weighted by Crippen LogP contribution is 2.33. The van der Waals surface area contributed by atoms with Crippen LogP contribution in [0.5, 0.6) is 0 Å². The summed E-state index contributed by atoms with van der Waals surface area (Å²) in [6.07, 6.45) is 4.49. The number of hydrogen-bond acceptors (Lipinski definition) is 7. The average molecular weight is 469 g/mol. The lowest BCUT2D eigenvalue weighted by atomic mass is 10.1. The molecule has 176 valence electrons. The molecule has 0 aliphatic carbocycles. The number of hydrogen-bond donors (Lipinski definition) is 3. The van der Waals surface area contributed by atoms with Crippen molar-refractivity contribution in [3.63, 3.8) is 0 Å². The molecule has 2 aromatic carbocycles. The number of nitrogens with one attached hydrogen (secondary N) is 2. The van der Waals surface area contributed by atoms with Crippen LogP contribution in [-0.2, 0) is 9.53 Å². The number of carbonyl (C=O) groups excluding carboxylic acids is 1. The van der Waals surface area contributed by atoms with Crippen LogP contribution >= 0.6 is 0 Å². The third-order valence-corrected chi connectivity index (χ3v) is 4.70. The Labute approximate surface area is 194 Å². The number of ether oxygens (including phenoxy) is 1. The number of carbonyl (C=O) groups is 1. The van der Waals surface area contributed by atoms with E-state index < -0.39 is 36.3 Å². The summed E-state index contributed by atoms with van der Waals surface area (Å²) in [6.45, 7) is 2.45. The third kappa shape index (κ3) is 5.91. The van der Waals surface area contributed by atoms with Gasteiger partial charge in [0.25, 0.3) is 5.92 Å². The molecule has 0 unspecified atom stereocenters. The van der Waals surface area contributed by atoms with E-state index in [-0.39, 0.29) is 17.2 Å². The van der Waals surface area contributed by atoms with Gasteiger partial charge < -0.3 is 20.7 Å². The first-order valence-corrected chi connectivity index (χ1v) is 10.1. The molecule has 10 heteroatoms. The van der Waals surface area contributed by atoms with E-state index in [1.807, 2.05) is 0 Å². The molecule has 1 saturated heterocycles. The highest BCUT2D eigenvalue weighted by atomic mass is 19.3. The smallest absolute Gasteiger partial charge is 0.282 e. The maximum absolute atomic E-state index is 14.5. The van der Waals surface area contributed by atoms with Crippen molar-refractivity contribution in [2.45, 2.75) is 5.92 Å². The monoisotopic (exact) mass is 469 g/mol. The molecule has 4 N–H and O–H groups in total. The van der Waals surface area contributed by atoms with E-state index in [0.717, 1.165) is 24.7 Å². The zero-order valence-corrected chi connectivity index (χ0v) is 18.0. The van der Waals surface area contributed by atoms with Crippen LogP contribution in [0.2, 0.25) is 0 Å². The van der Waals surface area contributed by atoms with Crippen molar-refractivity contribution in [1.29, 1.82) is 5.41 Å². The zero-order valence-electron chi connectivity index (χ0n) is 18.0. The highest BCUT2D eigenvalue weighted by Gasteiger charge is 2.44. The average Bonchev–Trinajstić information content (AvgIpc) is 2.80. The molecular formula is C24H22F3N5O2. The van der Waals surface area contributed by atoms with Gasteiger partial charge >= 0.3 is 0 Å². The van der Waals surface area contributed by atoms with Crippen molar-refractivity contribution in [3.05, 3.63) is 91.4 Å². The quantitative estimate of drug-likeness (QED) is 0.270. The first-order valence-electron chi connectivity index (χ1n) is 10.1. The van der Waals surface area contributed by atoms with Crippen LogP contribution in [0.1, 0.15) is 0 Å². The van der Waals surface area contributed by atoms with E-state index in [4.69, 9.17) is 15.9 Å². The summed E-state index contributed by atoms with van der Waals surface area (Å²) in [5.41, 5.74) is 5.70. The standard InChI is InChI=1S/C24H22F3N5O2/c1-2-34-21(23(33)22(29)20(10-11-28)31-16-6-4-3-5-7-16)13-30-19-9-8-17(12-18(19)25)32-14-24(26,27)15-32/h2-13,29-30H,1,14-15,28H2/b11-10?,21-13+,29-22?,31-20?. The summed E-state index contributed by atoms with van der Waals surface area (Å²) >= 11 is 0. The Morgan fingerprint density at radius 2 is 1.94 bits per heavy atom. The summed E-state index contributed by atoms with van der Waals surface area (Å²) in [5, 5.41) is 10.9. The number of alkyl halides is 2. The molecule has 1 fully saturated rings. The van der Waals surface area contributed by atoms with E-state index in [2.05, 4.69) is 16.9 Å². The summed E-state index contributed by atoms with van der Waals surface area (Å²) in [5.74, 6) is -4.71. The molecule has 7 nitrogen and oxygen atoms in total. The van der Waals surface area contributed by atoms with Crippen LogP contribution in [0.15, 0.2) is 90.6 Å². The zero-order chi connectivity index (χ0) is 24.7. The van der Waals surface area contributed by atoms with Crippen molar-refractivity contribution in [3.8, 4) is 0 Å². The Morgan fingerprint density at radius 1 is 1.24 bits per heavy atom. The van der Waals surface area contributed by atoms with Crippen LogP contribution in [0, 0.1) is 11.2 Å². The molecule has 0 amide bonds. The summed E-state index contributed by atoms with van der Waals surface area (Å²) in [6, 6.07) is 12.6. The molecule has 0 spiro atoms. The van der Waals surface area contributed by atoms with E-state index >= 15 is 0 Å². The molecule has 0 aromatic heterocycles. The second-order valence-corrected chi connectivity index (χ2v) is 7.21. The fraction of sp³-hybridized carbons (Fsp3) is 0.125. The Kier molecular flexibility index (Phi) is 7.52. The second-order valence-electron chi connectivity index (χ2n) is 7.21. The number of nitrogens with two attached hydrogens (primary N) is 1. The lowest BCUT2D eigenvalue weighted by Gasteiger charge is -2.40. The fourth-order valence-electron chi connectivity index (χ4n) is 3.05. The van der Waals surface area contributed by atoms with E-state index in [9.17, 15) is 18.0 Å². The number of anilines is 2. The number of benzene rings is 2. The number of nitrogens with zero attached hydrogens (tertiary/aromatic N) is 2. The lowest BCUT2D eigenvalue weighted by molar-refractivity contribution is -0.112. The molecule has 0 radical (unpaired) electrons. The van der Waals surface area contributed by atoms with Gasteiger partial charge in [0.2, 0.25) is 5.78 Å². The van der Waals surface area contributed by atoms with Gasteiger partial charge in [0.05, 0.1) is 36.4 Å². The van der Waals surface area contributed by atoms with Crippen LogP contribution in [0.3, 0.4) is 0 Å². The molecule has 34 heavy (non-hydrogen) atoms. The molecule has 3 rings (SSSR count). The molecule has 0 saturated carbocycles. The lowest BCUT2D eigenvalue weighted by Crippen LogP contribution is -2.56. The Bertz CT molecular complexity index is 1170. The van der Waals surface area contributed by atoms with Crippen molar-refractivity contribution >= 4 is 34.3 Å². The van der Waals surface area contributed by atoms with Gasteiger partial charge in [-0.3, -0.25) is 10.2 Å². The normalized spacial score (nSPS) is 15.6. The van der Waals surface area contributed by atoms with Crippen molar-refractivity contribution in [2.24, 2.45) is 10.7 Å². The van der Waals surface area contributed by atoms with E-state index in [0.29, 0.717) is 11.4 Å². The van der Waals surface area contributed by atoms with Crippen LogP contribution < -0.4 is 16.0 Å². The SMILES string of the molecule is C=CO/C(=C/Nc1ccc(N2CC(F)(F)C2)cc1F)C(=O)C(=N)C(C=CN)=Nc1ccccc1. The summed E-state index contributed by atoms with van der Waals surface area (Å²) < 4.78 is 45.7. The van der Waals surface area contributed by atoms with Gasteiger partial charge in [-0.25, -0.2) is 18.2 Å². The van der Waals surface area contributed by atoms with Crippen LogP contribution in [-0.4, -0.2) is 36.2 Å². The number of aliphatic imine (C=N–C) groups is 1. The number of para-hydroxylation sites is 1. The minimum atomic E-state index is -2.78. The van der Waals surface area contributed by atoms with Gasteiger partial charge in [-0.2, -0.15) is 0 Å². The summed E-state index contributed by atoms with van der Waals surface area (Å²) in [4.78, 5) is 18.5. The second kappa shape index (κ2) is 10.5.